The lowest BCUT2D eigenvalue weighted by Gasteiger charge is -2.10. The summed E-state index contributed by atoms with van der Waals surface area (Å²) in [4.78, 5) is 0. The third-order valence-corrected chi connectivity index (χ3v) is 1.69. The van der Waals surface area contributed by atoms with Gasteiger partial charge < -0.3 is 5.11 Å². The topological polar surface area (TPSA) is 58.3 Å². The van der Waals surface area contributed by atoms with Gasteiger partial charge >= 0.3 is 0 Å². The molecule has 2 atom stereocenters. The molecule has 1 fully saturated rings. The van der Waals surface area contributed by atoms with Crippen LogP contribution in [0.1, 0.15) is 19.3 Å². The van der Waals surface area contributed by atoms with Crippen molar-refractivity contribution in [2.24, 2.45) is 5.84 Å². The van der Waals surface area contributed by atoms with E-state index >= 15 is 0 Å². The Morgan fingerprint density at radius 3 is 2.10 bits per heavy atom. The molecule has 0 radical (unpaired) electrons. The van der Waals surface area contributed by atoms with Crippen molar-refractivity contribution in [1.82, 2.24) is 5.43 Å². The lowest BCUT2D eigenvalue weighted by molar-refractivity contribution is 0.150. The first-order valence-electron chi connectivity index (χ1n) is 2.99. The van der Waals surface area contributed by atoms with Crippen molar-refractivity contribution in [2.45, 2.75) is 31.4 Å². The van der Waals surface area contributed by atoms with Crippen molar-refractivity contribution in [1.29, 1.82) is 0 Å². The van der Waals surface area contributed by atoms with Crippen LogP contribution >= 0.6 is 24.8 Å². The van der Waals surface area contributed by atoms with Gasteiger partial charge in [0.25, 0.3) is 0 Å². The molecular formula is C5H14Cl2N2O. The molecule has 0 heterocycles. The third kappa shape index (κ3) is 3.03. The van der Waals surface area contributed by atoms with Crippen LogP contribution in [-0.2, 0) is 0 Å². The summed E-state index contributed by atoms with van der Waals surface area (Å²) >= 11 is 0. The maximum absolute atomic E-state index is 9.05. The van der Waals surface area contributed by atoms with Gasteiger partial charge in [0.2, 0.25) is 0 Å². The Hall–Kier alpha value is 0.460. The Balaban J connectivity index is 0. The minimum atomic E-state index is -0.208. The lowest BCUT2D eigenvalue weighted by Crippen LogP contribution is -2.40. The Morgan fingerprint density at radius 2 is 1.90 bits per heavy atom. The number of rotatable bonds is 1. The molecule has 64 valence electrons. The molecular weight excluding hydrogens is 175 g/mol. The summed E-state index contributed by atoms with van der Waals surface area (Å²) in [5.74, 6) is 5.11. The molecule has 5 heteroatoms. The summed E-state index contributed by atoms with van der Waals surface area (Å²) in [5, 5.41) is 9.05. The minimum Gasteiger partial charge on any atom is -0.391 e. The van der Waals surface area contributed by atoms with Crippen molar-refractivity contribution in [2.75, 3.05) is 0 Å². The first-order chi connectivity index (χ1) is 3.84. The van der Waals surface area contributed by atoms with E-state index in [-0.39, 0.29) is 37.0 Å². The van der Waals surface area contributed by atoms with E-state index in [9.17, 15) is 0 Å². The molecule has 1 rings (SSSR count). The van der Waals surface area contributed by atoms with Gasteiger partial charge in [0.1, 0.15) is 0 Å². The first-order valence-corrected chi connectivity index (χ1v) is 2.99. The Bertz CT molecular complexity index is 84.0. The number of nitrogens with one attached hydrogen (secondary N) is 1. The monoisotopic (exact) mass is 188 g/mol. The second-order valence-electron chi connectivity index (χ2n) is 2.27. The molecule has 10 heavy (non-hydrogen) atoms. The fourth-order valence-electron chi connectivity index (χ4n) is 1.13. The zero-order valence-corrected chi connectivity index (χ0v) is 7.25. The molecule has 0 aromatic heterocycles. The van der Waals surface area contributed by atoms with Gasteiger partial charge in [-0.25, -0.2) is 0 Å². The molecule has 0 amide bonds. The predicted molar refractivity (Wildman–Crippen MR) is 45.5 cm³/mol. The van der Waals surface area contributed by atoms with Crippen LogP contribution in [0.2, 0.25) is 0 Å². The molecule has 1 aliphatic rings. The van der Waals surface area contributed by atoms with Crippen LogP contribution in [0.15, 0.2) is 0 Å². The van der Waals surface area contributed by atoms with Crippen molar-refractivity contribution in [3.05, 3.63) is 0 Å². The van der Waals surface area contributed by atoms with Gasteiger partial charge in [-0.15, -0.1) is 24.8 Å². The van der Waals surface area contributed by atoms with E-state index in [0.29, 0.717) is 0 Å². The van der Waals surface area contributed by atoms with Crippen LogP contribution in [0.5, 0.6) is 0 Å². The van der Waals surface area contributed by atoms with Crippen LogP contribution in [0.25, 0.3) is 0 Å². The summed E-state index contributed by atoms with van der Waals surface area (Å²) < 4.78 is 0. The van der Waals surface area contributed by atoms with Crippen LogP contribution in [0, 0.1) is 0 Å². The fourth-order valence-corrected chi connectivity index (χ4v) is 1.13. The summed E-state index contributed by atoms with van der Waals surface area (Å²) in [6.07, 6.45) is 2.79. The highest BCUT2D eigenvalue weighted by Crippen LogP contribution is 2.17. The predicted octanol–water partition coefficient (Wildman–Crippen LogP) is 0.207. The fraction of sp³-hybridized carbons (Fsp3) is 1.00. The van der Waals surface area contributed by atoms with Crippen LogP contribution in [0.3, 0.4) is 0 Å². The molecule has 0 aliphatic heterocycles. The normalized spacial score (nSPS) is 30.6. The number of aliphatic hydroxyl groups is 1. The van der Waals surface area contributed by atoms with E-state index in [2.05, 4.69) is 5.43 Å². The maximum atomic E-state index is 9.05. The highest BCUT2D eigenvalue weighted by molar-refractivity contribution is 5.85. The zero-order chi connectivity index (χ0) is 5.98. The van der Waals surface area contributed by atoms with Crippen molar-refractivity contribution in [3.8, 4) is 0 Å². The Kier molecular flexibility index (Phi) is 8.09. The van der Waals surface area contributed by atoms with E-state index in [0.717, 1.165) is 19.3 Å². The largest absolute Gasteiger partial charge is 0.391 e. The van der Waals surface area contributed by atoms with Gasteiger partial charge in [-0.1, -0.05) is 0 Å². The summed E-state index contributed by atoms with van der Waals surface area (Å²) in [6.45, 7) is 0. The molecule has 0 aromatic carbocycles. The van der Waals surface area contributed by atoms with Gasteiger partial charge in [0, 0.05) is 6.04 Å². The average Bonchev–Trinajstić information content (AvgIpc) is 2.14. The van der Waals surface area contributed by atoms with Crippen LogP contribution in [-0.4, -0.2) is 17.3 Å². The van der Waals surface area contributed by atoms with Gasteiger partial charge in [-0.05, 0) is 19.3 Å². The smallest absolute Gasteiger partial charge is 0.0706 e. The van der Waals surface area contributed by atoms with Crippen LogP contribution < -0.4 is 11.3 Å². The first kappa shape index (κ1) is 13.1. The average molecular weight is 189 g/mol. The van der Waals surface area contributed by atoms with Gasteiger partial charge in [-0.3, -0.25) is 11.3 Å². The number of halogens is 2. The summed E-state index contributed by atoms with van der Waals surface area (Å²) in [7, 11) is 0. The Morgan fingerprint density at radius 1 is 1.30 bits per heavy atom. The van der Waals surface area contributed by atoms with Crippen LogP contribution in [0.4, 0.5) is 0 Å². The summed E-state index contributed by atoms with van der Waals surface area (Å²) in [5.41, 5.74) is 2.56. The van der Waals surface area contributed by atoms with Crippen molar-refractivity contribution >= 4 is 24.8 Å². The second kappa shape index (κ2) is 6.19. The van der Waals surface area contributed by atoms with Gasteiger partial charge in [0.05, 0.1) is 6.10 Å². The van der Waals surface area contributed by atoms with E-state index in [1.54, 1.807) is 0 Å². The molecule has 1 aliphatic carbocycles. The molecule has 0 aromatic rings. The molecule has 0 saturated heterocycles. The quantitative estimate of drug-likeness (QED) is 0.408. The molecule has 4 N–H and O–H groups in total. The van der Waals surface area contributed by atoms with E-state index < -0.39 is 0 Å². The van der Waals surface area contributed by atoms with Crippen molar-refractivity contribution in [3.63, 3.8) is 0 Å². The van der Waals surface area contributed by atoms with E-state index in [1.807, 2.05) is 0 Å². The molecule has 2 unspecified atom stereocenters. The third-order valence-electron chi connectivity index (χ3n) is 1.69. The van der Waals surface area contributed by atoms with E-state index in [4.69, 9.17) is 10.9 Å². The van der Waals surface area contributed by atoms with Gasteiger partial charge in [0.15, 0.2) is 0 Å². The molecule has 0 spiro atoms. The lowest BCUT2D eigenvalue weighted by atomic mass is 10.2. The molecule has 1 saturated carbocycles. The van der Waals surface area contributed by atoms with Gasteiger partial charge in [-0.2, -0.15) is 0 Å². The summed E-state index contributed by atoms with van der Waals surface area (Å²) in [6, 6.07) is 0.148. The van der Waals surface area contributed by atoms with Crippen molar-refractivity contribution < 1.29 is 5.11 Å². The minimum absolute atomic E-state index is 0. The number of nitrogens with two attached hydrogens (primary N) is 1. The highest BCUT2D eigenvalue weighted by atomic mass is 35.5. The SMILES string of the molecule is Cl.Cl.NNC1CCCC1O. The number of aliphatic hydroxyl groups excluding tert-OH is 1. The molecule has 0 bridgehead atoms. The Labute approximate surface area is 73.2 Å². The maximum Gasteiger partial charge on any atom is 0.0706 e. The molecule has 3 nitrogen and oxygen atoms in total. The standard InChI is InChI=1S/C5H12N2O.2ClH/c6-7-4-2-1-3-5(4)8;;/h4-5,7-8H,1-3,6H2;2*1H. The number of hydrogen-bond donors (Lipinski definition) is 3. The number of hydrazine groups is 1. The number of hydrogen-bond acceptors (Lipinski definition) is 3. The van der Waals surface area contributed by atoms with E-state index in [1.165, 1.54) is 0 Å². The second-order valence-corrected chi connectivity index (χ2v) is 2.27. The zero-order valence-electron chi connectivity index (χ0n) is 5.62. The highest BCUT2D eigenvalue weighted by Gasteiger charge is 2.23.